The Bertz CT molecular complexity index is 697. The quantitative estimate of drug-likeness (QED) is 0.797. The van der Waals surface area contributed by atoms with Gasteiger partial charge in [0.05, 0.1) is 27.4 Å². The number of amides is 1. The van der Waals surface area contributed by atoms with Crippen molar-refractivity contribution in [1.29, 1.82) is 0 Å². The van der Waals surface area contributed by atoms with Crippen molar-refractivity contribution in [2.24, 2.45) is 0 Å². The van der Waals surface area contributed by atoms with Gasteiger partial charge in [0.2, 0.25) is 5.91 Å². The number of hydrogen-bond donors (Lipinski definition) is 1. The van der Waals surface area contributed by atoms with E-state index >= 15 is 0 Å². The minimum absolute atomic E-state index is 0.00630. The maximum atomic E-state index is 12.3. The highest BCUT2D eigenvalue weighted by Crippen LogP contribution is 2.29. The average molecular weight is 343 g/mol. The van der Waals surface area contributed by atoms with E-state index in [1.807, 2.05) is 49.4 Å². The maximum Gasteiger partial charge on any atom is 0.220 e. The van der Waals surface area contributed by atoms with Crippen LogP contribution in [0.15, 0.2) is 42.5 Å². The van der Waals surface area contributed by atoms with Crippen LogP contribution in [0.2, 0.25) is 0 Å². The Morgan fingerprint density at radius 3 is 2.20 bits per heavy atom. The number of methoxy groups -OCH3 is 3. The Morgan fingerprint density at radius 2 is 1.60 bits per heavy atom. The van der Waals surface area contributed by atoms with Crippen LogP contribution in [0.25, 0.3) is 0 Å². The van der Waals surface area contributed by atoms with Gasteiger partial charge in [-0.3, -0.25) is 4.79 Å². The lowest BCUT2D eigenvalue weighted by Crippen LogP contribution is -2.27. The van der Waals surface area contributed by atoms with Gasteiger partial charge < -0.3 is 19.5 Å². The number of carbonyl (C=O) groups is 1. The molecule has 25 heavy (non-hydrogen) atoms. The topological polar surface area (TPSA) is 56.8 Å². The number of aryl methyl sites for hydroxylation is 1. The summed E-state index contributed by atoms with van der Waals surface area (Å²) in [6.07, 6.45) is 1.10. The number of rotatable bonds is 8. The van der Waals surface area contributed by atoms with Crippen LogP contribution < -0.4 is 19.5 Å². The van der Waals surface area contributed by atoms with Crippen molar-refractivity contribution < 1.29 is 19.0 Å². The van der Waals surface area contributed by atoms with Crippen LogP contribution in [0.5, 0.6) is 17.2 Å². The zero-order valence-electron chi connectivity index (χ0n) is 15.2. The van der Waals surface area contributed by atoms with E-state index in [2.05, 4.69) is 5.32 Å². The molecule has 0 aliphatic rings. The van der Waals surface area contributed by atoms with Crippen LogP contribution in [0, 0.1) is 0 Å². The van der Waals surface area contributed by atoms with E-state index in [1.54, 1.807) is 21.3 Å². The Kier molecular flexibility index (Phi) is 6.69. The minimum atomic E-state index is -0.173. The predicted molar refractivity (Wildman–Crippen MR) is 97.4 cm³/mol. The Hall–Kier alpha value is -2.69. The average Bonchev–Trinajstić information content (AvgIpc) is 2.66. The third kappa shape index (κ3) is 5.14. The summed E-state index contributed by atoms with van der Waals surface area (Å²) >= 11 is 0. The van der Waals surface area contributed by atoms with E-state index < -0.39 is 0 Å². The molecular formula is C20H25NO4. The van der Waals surface area contributed by atoms with Crippen LogP contribution in [0.3, 0.4) is 0 Å². The Labute approximate surface area is 148 Å². The molecule has 0 bridgehead atoms. The fraction of sp³-hybridized carbons (Fsp3) is 0.350. The first-order valence-corrected chi connectivity index (χ1v) is 8.21. The summed E-state index contributed by atoms with van der Waals surface area (Å²) in [7, 11) is 4.86. The number of hydrogen-bond acceptors (Lipinski definition) is 4. The Balaban J connectivity index is 1.95. The molecule has 0 radical (unpaired) electrons. The molecule has 0 aromatic heterocycles. The van der Waals surface area contributed by atoms with E-state index in [0.29, 0.717) is 12.8 Å². The predicted octanol–water partition coefficient (Wildman–Crippen LogP) is 3.52. The summed E-state index contributed by atoms with van der Waals surface area (Å²) in [6.45, 7) is 1.93. The van der Waals surface area contributed by atoms with Crippen molar-refractivity contribution >= 4 is 5.91 Å². The van der Waals surface area contributed by atoms with Gasteiger partial charge in [-0.2, -0.15) is 0 Å². The fourth-order valence-corrected chi connectivity index (χ4v) is 2.62. The second-order valence-corrected chi connectivity index (χ2v) is 5.75. The van der Waals surface area contributed by atoms with Crippen molar-refractivity contribution in [2.75, 3.05) is 21.3 Å². The molecule has 0 spiro atoms. The molecule has 0 aliphatic carbocycles. The Morgan fingerprint density at radius 1 is 0.960 bits per heavy atom. The van der Waals surface area contributed by atoms with Gasteiger partial charge in [0.1, 0.15) is 17.2 Å². The zero-order chi connectivity index (χ0) is 18.2. The van der Waals surface area contributed by atoms with Gasteiger partial charge in [-0.1, -0.05) is 12.1 Å². The standard InChI is InChI=1S/C20H25NO4/c1-14(18-13-17(24-3)10-11-19(18)25-4)21-20(22)12-7-15-5-8-16(23-2)9-6-15/h5-6,8-11,13-14H,7,12H2,1-4H3,(H,21,22)/t14-/m1/s1. The molecule has 2 rings (SSSR count). The lowest BCUT2D eigenvalue weighted by atomic mass is 10.1. The third-order valence-corrected chi connectivity index (χ3v) is 4.08. The second-order valence-electron chi connectivity index (χ2n) is 5.75. The van der Waals surface area contributed by atoms with Crippen LogP contribution in [-0.2, 0) is 11.2 Å². The van der Waals surface area contributed by atoms with Crippen molar-refractivity contribution in [3.8, 4) is 17.2 Å². The van der Waals surface area contributed by atoms with Crippen molar-refractivity contribution in [2.45, 2.75) is 25.8 Å². The van der Waals surface area contributed by atoms with Crippen molar-refractivity contribution in [1.82, 2.24) is 5.32 Å². The number of benzene rings is 2. The molecular weight excluding hydrogens is 318 g/mol. The zero-order valence-corrected chi connectivity index (χ0v) is 15.2. The molecule has 5 nitrogen and oxygen atoms in total. The molecule has 0 saturated carbocycles. The van der Waals surface area contributed by atoms with E-state index in [1.165, 1.54) is 0 Å². The molecule has 0 fully saturated rings. The lowest BCUT2D eigenvalue weighted by Gasteiger charge is -2.18. The first-order chi connectivity index (χ1) is 12.1. The highest BCUT2D eigenvalue weighted by molar-refractivity contribution is 5.76. The van der Waals surface area contributed by atoms with Crippen LogP contribution in [-0.4, -0.2) is 27.2 Å². The molecule has 5 heteroatoms. The maximum absolute atomic E-state index is 12.3. The summed E-state index contributed by atoms with van der Waals surface area (Å²) in [4.78, 5) is 12.3. The van der Waals surface area contributed by atoms with Gasteiger partial charge in [0, 0.05) is 12.0 Å². The molecule has 134 valence electrons. The molecule has 1 atom stereocenters. The van der Waals surface area contributed by atoms with Gasteiger partial charge in [-0.25, -0.2) is 0 Å². The molecule has 1 N–H and O–H groups in total. The van der Waals surface area contributed by atoms with E-state index in [9.17, 15) is 4.79 Å². The van der Waals surface area contributed by atoms with Gasteiger partial charge >= 0.3 is 0 Å². The molecule has 0 unspecified atom stereocenters. The van der Waals surface area contributed by atoms with E-state index in [0.717, 1.165) is 28.4 Å². The SMILES string of the molecule is COc1ccc(CCC(=O)N[C@H](C)c2cc(OC)ccc2OC)cc1. The van der Waals surface area contributed by atoms with Gasteiger partial charge in [-0.15, -0.1) is 0 Å². The molecule has 0 saturated heterocycles. The molecule has 0 aliphatic heterocycles. The largest absolute Gasteiger partial charge is 0.497 e. The fourth-order valence-electron chi connectivity index (χ4n) is 2.62. The van der Waals surface area contributed by atoms with E-state index in [4.69, 9.17) is 14.2 Å². The summed E-state index contributed by atoms with van der Waals surface area (Å²) in [5.74, 6) is 2.26. The monoisotopic (exact) mass is 343 g/mol. The molecule has 2 aromatic carbocycles. The molecule has 1 amide bonds. The third-order valence-electron chi connectivity index (χ3n) is 4.08. The summed E-state index contributed by atoms with van der Waals surface area (Å²) in [6, 6.07) is 13.1. The summed E-state index contributed by atoms with van der Waals surface area (Å²) in [5.41, 5.74) is 1.99. The normalized spacial score (nSPS) is 11.5. The van der Waals surface area contributed by atoms with Gasteiger partial charge in [-0.05, 0) is 49.2 Å². The first kappa shape index (κ1) is 18.6. The first-order valence-electron chi connectivity index (χ1n) is 8.21. The highest BCUT2D eigenvalue weighted by Gasteiger charge is 2.15. The highest BCUT2D eigenvalue weighted by atomic mass is 16.5. The van der Waals surface area contributed by atoms with Crippen LogP contribution >= 0.6 is 0 Å². The smallest absolute Gasteiger partial charge is 0.220 e. The minimum Gasteiger partial charge on any atom is -0.497 e. The summed E-state index contributed by atoms with van der Waals surface area (Å²) in [5, 5.41) is 3.02. The second kappa shape index (κ2) is 8.97. The van der Waals surface area contributed by atoms with Crippen LogP contribution in [0.1, 0.15) is 30.5 Å². The van der Waals surface area contributed by atoms with Crippen molar-refractivity contribution in [3.63, 3.8) is 0 Å². The number of carbonyl (C=O) groups excluding carboxylic acids is 1. The number of ether oxygens (including phenoxy) is 3. The molecule has 2 aromatic rings. The van der Waals surface area contributed by atoms with Gasteiger partial charge in [0.15, 0.2) is 0 Å². The number of nitrogens with one attached hydrogen (secondary N) is 1. The lowest BCUT2D eigenvalue weighted by molar-refractivity contribution is -0.121. The molecule has 0 heterocycles. The van der Waals surface area contributed by atoms with Crippen molar-refractivity contribution in [3.05, 3.63) is 53.6 Å². The van der Waals surface area contributed by atoms with E-state index in [-0.39, 0.29) is 11.9 Å². The van der Waals surface area contributed by atoms with Crippen LogP contribution in [0.4, 0.5) is 0 Å². The summed E-state index contributed by atoms with van der Waals surface area (Å²) < 4.78 is 15.8. The van der Waals surface area contributed by atoms with Gasteiger partial charge in [0.25, 0.3) is 0 Å².